The van der Waals surface area contributed by atoms with Crippen molar-refractivity contribution >= 4 is 5.91 Å². The standard InChI is InChI=1S/C18H25NO2/c1-14-4-6-16(7-5-14)18(9-10-18)17(20)19-11-2-3-15-8-12-21-13-15/h4-7,15H,2-3,8-13H2,1H3,(H,19,20)/t15-/m1/s1. The summed E-state index contributed by atoms with van der Waals surface area (Å²) < 4.78 is 5.38. The number of hydrogen-bond acceptors (Lipinski definition) is 2. The van der Waals surface area contributed by atoms with Crippen molar-refractivity contribution in [2.75, 3.05) is 19.8 Å². The van der Waals surface area contributed by atoms with Crippen molar-refractivity contribution in [1.29, 1.82) is 0 Å². The largest absolute Gasteiger partial charge is 0.381 e. The van der Waals surface area contributed by atoms with E-state index in [0.29, 0.717) is 5.92 Å². The molecule has 0 bridgehead atoms. The van der Waals surface area contributed by atoms with Crippen LogP contribution in [0.25, 0.3) is 0 Å². The molecule has 0 aromatic heterocycles. The van der Waals surface area contributed by atoms with Gasteiger partial charge in [-0.1, -0.05) is 29.8 Å². The summed E-state index contributed by atoms with van der Waals surface area (Å²) >= 11 is 0. The van der Waals surface area contributed by atoms with E-state index >= 15 is 0 Å². The molecule has 21 heavy (non-hydrogen) atoms. The molecule has 2 fully saturated rings. The molecule has 1 aromatic carbocycles. The molecule has 0 radical (unpaired) electrons. The molecule has 1 heterocycles. The SMILES string of the molecule is Cc1ccc(C2(C(=O)NCCC[C@@H]3CCOC3)CC2)cc1. The smallest absolute Gasteiger partial charge is 0.230 e. The quantitative estimate of drug-likeness (QED) is 0.817. The van der Waals surface area contributed by atoms with Gasteiger partial charge in [-0.05, 0) is 50.5 Å². The Morgan fingerprint density at radius 3 is 2.71 bits per heavy atom. The third kappa shape index (κ3) is 3.29. The fourth-order valence-electron chi connectivity index (χ4n) is 3.22. The number of carbonyl (C=O) groups is 1. The van der Waals surface area contributed by atoms with E-state index in [2.05, 4.69) is 36.5 Å². The van der Waals surface area contributed by atoms with E-state index in [1.165, 1.54) is 17.5 Å². The molecule has 1 aliphatic carbocycles. The lowest BCUT2D eigenvalue weighted by Gasteiger charge is -2.16. The van der Waals surface area contributed by atoms with Crippen LogP contribution in [-0.2, 0) is 14.9 Å². The summed E-state index contributed by atoms with van der Waals surface area (Å²) in [5.74, 6) is 0.919. The van der Waals surface area contributed by atoms with Gasteiger partial charge < -0.3 is 10.1 Å². The van der Waals surface area contributed by atoms with Gasteiger partial charge in [0, 0.05) is 19.8 Å². The van der Waals surface area contributed by atoms with Crippen LogP contribution in [0.2, 0.25) is 0 Å². The monoisotopic (exact) mass is 287 g/mol. The van der Waals surface area contributed by atoms with Gasteiger partial charge in [-0.2, -0.15) is 0 Å². The van der Waals surface area contributed by atoms with Crippen LogP contribution in [0.3, 0.4) is 0 Å². The van der Waals surface area contributed by atoms with Crippen LogP contribution >= 0.6 is 0 Å². The lowest BCUT2D eigenvalue weighted by molar-refractivity contribution is -0.123. The van der Waals surface area contributed by atoms with Crippen LogP contribution < -0.4 is 5.32 Å². The second-order valence-electron chi connectivity index (χ2n) is 6.58. The van der Waals surface area contributed by atoms with E-state index < -0.39 is 0 Å². The molecule has 0 unspecified atom stereocenters. The zero-order valence-corrected chi connectivity index (χ0v) is 12.9. The Morgan fingerprint density at radius 1 is 1.33 bits per heavy atom. The molecular weight excluding hydrogens is 262 g/mol. The molecular formula is C18H25NO2. The number of carbonyl (C=O) groups excluding carboxylic acids is 1. The number of ether oxygens (including phenoxy) is 1. The number of benzene rings is 1. The summed E-state index contributed by atoms with van der Waals surface area (Å²) in [6, 6.07) is 8.42. The highest BCUT2D eigenvalue weighted by Gasteiger charge is 2.50. The minimum Gasteiger partial charge on any atom is -0.381 e. The van der Waals surface area contributed by atoms with Gasteiger partial charge in [-0.15, -0.1) is 0 Å². The summed E-state index contributed by atoms with van der Waals surface area (Å²) in [4.78, 5) is 12.5. The second kappa shape index (κ2) is 6.18. The van der Waals surface area contributed by atoms with Crippen molar-refractivity contribution in [3.8, 4) is 0 Å². The second-order valence-corrected chi connectivity index (χ2v) is 6.58. The van der Waals surface area contributed by atoms with Crippen LogP contribution in [0.15, 0.2) is 24.3 Å². The third-order valence-corrected chi connectivity index (χ3v) is 4.89. The minimum absolute atomic E-state index is 0.217. The molecule has 1 saturated heterocycles. The molecule has 3 nitrogen and oxygen atoms in total. The molecule has 114 valence electrons. The van der Waals surface area contributed by atoms with Crippen molar-refractivity contribution in [3.63, 3.8) is 0 Å². The van der Waals surface area contributed by atoms with Gasteiger partial charge in [0.25, 0.3) is 0 Å². The Morgan fingerprint density at radius 2 is 2.10 bits per heavy atom. The molecule has 1 amide bonds. The molecule has 1 N–H and O–H groups in total. The van der Waals surface area contributed by atoms with Crippen molar-refractivity contribution < 1.29 is 9.53 Å². The fourth-order valence-corrected chi connectivity index (χ4v) is 3.22. The van der Waals surface area contributed by atoms with E-state index in [9.17, 15) is 4.79 Å². The summed E-state index contributed by atoms with van der Waals surface area (Å²) in [6.45, 7) is 4.69. The molecule has 3 heteroatoms. The van der Waals surface area contributed by atoms with Crippen LogP contribution in [0.4, 0.5) is 0 Å². The lowest BCUT2D eigenvalue weighted by atomic mass is 9.94. The van der Waals surface area contributed by atoms with E-state index in [0.717, 1.165) is 45.4 Å². The van der Waals surface area contributed by atoms with Crippen LogP contribution in [0.1, 0.15) is 43.2 Å². The Labute approximate surface area is 127 Å². The highest BCUT2D eigenvalue weighted by molar-refractivity contribution is 5.91. The molecule has 1 aromatic rings. The lowest BCUT2D eigenvalue weighted by Crippen LogP contribution is -2.35. The summed E-state index contributed by atoms with van der Waals surface area (Å²) in [7, 11) is 0. The number of amides is 1. The van der Waals surface area contributed by atoms with E-state index in [1.807, 2.05) is 0 Å². The van der Waals surface area contributed by atoms with E-state index in [1.54, 1.807) is 0 Å². The first kappa shape index (κ1) is 14.6. The molecule has 0 spiro atoms. The van der Waals surface area contributed by atoms with Crippen molar-refractivity contribution in [1.82, 2.24) is 5.32 Å². The average Bonchev–Trinajstić information content (AvgIpc) is 3.14. The third-order valence-electron chi connectivity index (χ3n) is 4.89. The van der Waals surface area contributed by atoms with Gasteiger partial charge in [-0.25, -0.2) is 0 Å². The number of aryl methyl sites for hydroxylation is 1. The number of nitrogens with one attached hydrogen (secondary N) is 1. The zero-order chi connectivity index (χ0) is 14.7. The van der Waals surface area contributed by atoms with Crippen LogP contribution in [-0.4, -0.2) is 25.7 Å². The fraction of sp³-hybridized carbons (Fsp3) is 0.611. The van der Waals surface area contributed by atoms with E-state index in [-0.39, 0.29) is 11.3 Å². The summed E-state index contributed by atoms with van der Waals surface area (Å²) in [5.41, 5.74) is 2.19. The molecule has 1 saturated carbocycles. The van der Waals surface area contributed by atoms with Gasteiger partial charge >= 0.3 is 0 Å². The zero-order valence-electron chi connectivity index (χ0n) is 12.9. The maximum absolute atomic E-state index is 12.5. The van der Waals surface area contributed by atoms with Crippen LogP contribution in [0, 0.1) is 12.8 Å². The maximum Gasteiger partial charge on any atom is 0.230 e. The van der Waals surface area contributed by atoms with Crippen LogP contribution in [0.5, 0.6) is 0 Å². The number of rotatable bonds is 6. The van der Waals surface area contributed by atoms with Crippen molar-refractivity contribution in [2.24, 2.45) is 5.92 Å². The van der Waals surface area contributed by atoms with Gasteiger partial charge in [0.2, 0.25) is 5.91 Å². The highest BCUT2D eigenvalue weighted by Crippen LogP contribution is 2.48. The summed E-state index contributed by atoms with van der Waals surface area (Å²) in [6.07, 6.45) is 5.37. The Hall–Kier alpha value is -1.35. The molecule has 3 rings (SSSR count). The molecule has 1 aliphatic heterocycles. The molecule has 1 atom stereocenters. The predicted molar refractivity (Wildman–Crippen MR) is 83.3 cm³/mol. The number of hydrogen-bond donors (Lipinski definition) is 1. The highest BCUT2D eigenvalue weighted by atomic mass is 16.5. The normalized spacial score (nSPS) is 23.0. The Bertz CT molecular complexity index is 484. The predicted octanol–water partition coefficient (Wildman–Crippen LogP) is 2.96. The first-order valence-corrected chi connectivity index (χ1v) is 8.14. The summed E-state index contributed by atoms with van der Waals surface area (Å²) in [5, 5.41) is 3.14. The van der Waals surface area contributed by atoms with Gasteiger partial charge in [0.15, 0.2) is 0 Å². The van der Waals surface area contributed by atoms with E-state index in [4.69, 9.17) is 4.74 Å². The average molecular weight is 287 g/mol. The maximum atomic E-state index is 12.5. The van der Waals surface area contributed by atoms with Gasteiger partial charge in [-0.3, -0.25) is 4.79 Å². The Balaban J connectivity index is 1.47. The minimum atomic E-state index is -0.232. The first-order valence-electron chi connectivity index (χ1n) is 8.14. The van der Waals surface area contributed by atoms with Gasteiger partial charge in [0.1, 0.15) is 0 Å². The van der Waals surface area contributed by atoms with Crippen molar-refractivity contribution in [3.05, 3.63) is 35.4 Å². The Kier molecular flexibility index (Phi) is 4.29. The molecule has 2 aliphatic rings. The van der Waals surface area contributed by atoms with Crippen molar-refractivity contribution in [2.45, 2.75) is 44.4 Å². The topological polar surface area (TPSA) is 38.3 Å². The first-order chi connectivity index (χ1) is 10.2. The van der Waals surface area contributed by atoms with Gasteiger partial charge in [0.05, 0.1) is 5.41 Å².